The van der Waals surface area contributed by atoms with Gasteiger partial charge in [-0.1, -0.05) is 6.07 Å². The second-order valence-corrected chi connectivity index (χ2v) is 4.49. The van der Waals surface area contributed by atoms with Crippen molar-refractivity contribution in [2.45, 2.75) is 19.6 Å². The first-order valence-electron chi connectivity index (χ1n) is 6.17. The zero-order valence-corrected chi connectivity index (χ0v) is 11.2. The summed E-state index contributed by atoms with van der Waals surface area (Å²) < 4.78 is 37.8. The number of alkyl halides is 3. The van der Waals surface area contributed by atoms with Crippen LogP contribution in [-0.2, 0) is 12.7 Å². The quantitative estimate of drug-likeness (QED) is 0.933. The van der Waals surface area contributed by atoms with Crippen molar-refractivity contribution >= 4 is 5.69 Å². The average molecular weight is 291 g/mol. The topological polar surface area (TPSA) is 48.7 Å². The van der Waals surface area contributed by atoms with E-state index < -0.39 is 11.7 Å². The minimum Gasteiger partial charge on any atom is -0.378 e. The average Bonchev–Trinajstić information content (AvgIpc) is 2.45. The molecule has 1 N–H and O–H groups in total. The fourth-order valence-electron chi connectivity index (χ4n) is 1.85. The van der Waals surface area contributed by atoms with Crippen molar-refractivity contribution in [3.63, 3.8) is 0 Å². The molecule has 0 spiro atoms. The highest BCUT2D eigenvalue weighted by molar-refractivity contribution is 5.59. The fourth-order valence-corrected chi connectivity index (χ4v) is 1.85. The lowest BCUT2D eigenvalue weighted by atomic mass is 10.1. The molecule has 0 aliphatic carbocycles. The lowest BCUT2D eigenvalue weighted by Gasteiger charge is -2.12. The minimum absolute atomic E-state index is 0.0431. The van der Waals surface area contributed by atoms with Gasteiger partial charge in [-0.3, -0.25) is 4.98 Å². The van der Waals surface area contributed by atoms with Crippen LogP contribution in [0, 0.1) is 18.3 Å². The zero-order valence-electron chi connectivity index (χ0n) is 11.2. The molecule has 0 saturated carbocycles. The van der Waals surface area contributed by atoms with Crippen molar-refractivity contribution in [1.82, 2.24) is 4.98 Å². The van der Waals surface area contributed by atoms with Crippen molar-refractivity contribution in [3.8, 4) is 6.07 Å². The number of halogens is 3. The number of pyridine rings is 1. The Balaban J connectivity index is 2.22. The van der Waals surface area contributed by atoms with E-state index in [0.29, 0.717) is 12.2 Å². The van der Waals surface area contributed by atoms with Gasteiger partial charge in [0.05, 0.1) is 29.1 Å². The van der Waals surface area contributed by atoms with Gasteiger partial charge < -0.3 is 5.32 Å². The predicted octanol–water partition coefficient (Wildman–Crippen LogP) is 3.89. The number of nitrogens with zero attached hydrogens (tertiary/aromatic N) is 2. The van der Waals surface area contributed by atoms with Gasteiger partial charge >= 0.3 is 6.18 Å². The third-order valence-electron chi connectivity index (χ3n) is 3.03. The Bertz CT molecular complexity index is 687. The van der Waals surface area contributed by atoms with Gasteiger partial charge in [-0.15, -0.1) is 0 Å². The lowest BCUT2D eigenvalue weighted by Crippen LogP contribution is -2.08. The number of aryl methyl sites for hydroxylation is 1. The molecule has 0 aliphatic heterocycles. The molecule has 0 fully saturated rings. The van der Waals surface area contributed by atoms with Crippen molar-refractivity contribution in [3.05, 3.63) is 58.9 Å². The van der Waals surface area contributed by atoms with E-state index >= 15 is 0 Å². The van der Waals surface area contributed by atoms with E-state index in [4.69, 9.17) is 5.26 Å². The molecule has 0 saturated heterocycles. The number of anilines is 1. The monoisotopic (exact) mass is 291 g/mol. The molecule has 6 heteroatoms. The van der Waals surface area contributed by atoms with Gasteiger partial charge in [0.15, 0.2) is 0 Å². The molecule has 1 aromatic carbocycles. The predicted molar refractivity (Wildman–Crippen MR) is 72.5 cm³/mol. The summed E-state index contributed by atoms with van der Waals surface area (Å²) in [6.45, 7) is 2.23. The first kappa shape index (κ1) is 14.9. The van der Waals surface area contributed by atoms with Crippen LogP contribution in [0.25, 0.3) is 0 Å². The highest BCUT2D eigenvalue weighted by Crippen LogP contribution is 2.31. The summed E-state index contributed by atoms with van der Waals surface area (Å²) in [4.78, 5) is 4.18. The lowest BCUT2D eigenvalue weighted by molar-refractivity contribution is -0.137. The van der Waals surface area contributed by atoms with Crippen LogP contribution in [0.2, 0.25) is 0 Å². The molecule has 0 amide bonds. The molecular weight excluding hydrogens is 279 g/mol. The summed E-state index contributed by atoms with van der Waals surface area (Å²) in [5.41, 5.74) is 1.23. The van der Waals surface area contributed by atoms with Crippen LogP contribution in [-0.4, -0.2) is 4.98 Å². The van der Waals surface area contributed by atoms with Gasteiger partial charge in [0.2, 0.25) is 0 Å². The Labute approximate surface area is 120 Å². The summed E-state index contributed by atoms with van der Waals surface area (Å²) in [6.07, 6.45) is -2.82. The van der Waals surface area contributed by atoms with Crippen LogP contribution in [0.5, 0.6) is 0 Å². The molecule has 1 aromatic heterocycles. The summed E-state index contributed by atoms with van der Waals surface area (Å²) >= 11 is 0. The van der Waals surface area contributed by atoms with Crippen LogP contribution in [0.1, 0.15) is 22.4 Å². The Morgan fingerprint density at radius 3 is 2.67 bits per heavy atom. The van der Waals surface area contributed by atoms with Crippen molar-refractivity contribution < 1.29 is 13.2 Å². The van der Waals surface area contributed by atoms with Crippen LogP contribution < -0.4 is 5.32 Å². The van der Waals surface area contributed by atoms with Gasteiger partial charge in [-0.05, 0) is 36.8 Å². The van der Waals surface area contributed by atoms with Gasteiger partial charge in [-0.25, -0.2) is 0 Å². The molecule has 0 unspecified atom stereocenters. The van der Waals surface area contributed by atoms with E-state index in [2.05, 4.69) is 10.3 Å². The van der Waals surface area contributed by atoms with E-state index in [9.17, 15) is 13.2 Å². The normalized spacial score (nSPS) is 11.0. The summed E-state index contributed by atoms with van der Waals surface area (Å²) in [5.74, 6) is 0. The molecular formula is C15H12F3N3. The molecule has 0 bridgehead atoms. The van der Waals surface area contributed by atoms with Crippen LogP contribution >= 0.6 is 0 Å². The number of aromatic nitrogens is 1. The summed E-state index contributed by atoms with van der Waals surface area (Å²) in [6, 6.07) is 8.53. The van der Waals surface area contributed by atoms with E-state index in [1.54, 1.807) is 18.3 Å². The molecule has 108 valence electrons. The maximum absolute atomic E-state index is 12.6. The minimum atomic E-state index is -4.46. The summed E-state index contributed by atoms with van der Waals surface area (Å²) in [7, 11) is 0. The van der Waals surface area contributed by atoms with Gasteiger partial charge in [0, 0.05) is 6.20 Å². The highest BCUT2D eigenvalue weighted by atomic mass is 19.4. The zero-order chi connectivity index (χ0) is 15.5. The molecule has 0 aliphatic rings. The molecule has 1 heterocycles. The molecule has 2 rings (SSSR count). The number of rotatable bonds is 3. The summed E-state index contributed by atoms with van der Waals surface area (Å²) in [5, 5.41) is 11.9. The second kappa shape index (κ2) is 5.83. The Hall–Kier alpha value is -2.55. The standard InChI is InChI=1S/C15H12F3N3/c1-10-3-2-6-20-14(10)9-21-13-5-4-12(15(16,17)18)7-11(13)8-19/h2-7,21H,9H2,1H3. The Morgan fingerprint density at radius 2 is 2.05 bits per heavy atom. The molecule has 3 nitrogen and oxygen atoms in total. The van der Waals surface area contributed by atoms with Gasteiger partial charge in [-0.2, -0.15) is 18.4 Å². The molecule has 2 aromatic rings. The van der Waals surface area contributed by atoms with E-state index in [0.717, 1.165) is 23.4 Å². The highest BCUT2D eigenvalue weighted by Gasteiger charge is 2.31. The Morgan fingerprint density at radius 1 is 1.29 bits per heavy atom. The molecule has 21 heavy (non-hydrogen) atoms. The van der Waals surface area contributed by atoms with Crippen LogP contribution in [0.4, 0.5) is 18.9 Å². The van der Waals surface area contributed by atoms with Crippen molar-refractivity contribution in [1.29, 1.82) is 5.26 Å². The van der Waals surface area contributed by atoms with Crippen molar-refractivity contribution in [2.75, 3.05) is 5.32 Å². The number of nitriles is 1. The largest absolute Gasteiger partial charge is 0.416 e. The third kappa shape index (κ3) is 3.51. The fraction of sp³-hybridized carbons (Fsp3) is 0.200. The number of hydrogen-bond donors (Lipinski definition) is 1. The smallest absolute Gasteiger partial charge is 0.378 e. The van der Waals surface area contributed by atoms with Crippen molar-refractivity contribution in [2.24, 2.45) is 0 Å². The maximum Gasteiger partial charge on any atom is 0.416 e. The van der Waals surface area contributed by atoms with Gasteiger partial charge in [0.1, 0.15) is 6.07 Å². The van der Waals surface area contributed by atoms with Crippen LogP contribution in [0.15, 0.2) is 36.5 Å². The number of benzene rings is 1. The van der Waals surface area contributed by atoms with E-state index in [1.165, 1.54) is 6.07 Å². The maximum atomic E-state index is 12.6. The molecule has 0 atom stereocenters. The second-order valence-electron chi connectivity index (χ2n) is 4.49. The first-order valence-corrected chi connectivity index (χ1v) is 6.17. The number of nitrogens with one attached hydrogen (secondary N) is 1. The first-order chi connectivity index (χ1) is 9.91. The third-order valence-corrected chi connectivity index (χ3v) is 3.03. The Kier molecular flexibility index (Phi) is 4.13. The van der Waals surface area contributed by atoms with E-state index in [1.807, 2.05) is 13.0 Å². The number of hydrogen-bond acceptors (Lipinski definition) is 3. The SMILES string of the molecule is Cc1cccnc1CNc1ccc(C(F)(F)F)cc1C#N. The van der Waals surface area contributed by atoms with Crippen LogP contribution in [0.3, 0.4) is 0 Å². The van der Waals surface area contributed by atoms with E-state index in [-0.39, 0.29) is 5.56 Å². The molecule has 0 radical (unpaired) electrons. The van der Waals surface area contributed by atoms with Gasteiger partial charge in [0.25, 0.3) is 0 Å².